The van der Waals surface area contributed by atoms with E-state index in [1.54, 1.807) is 6.08 Å². The summed E-state index contributed by atoms with van der Waals surface area (Å²) in [5.74, 6) is -1.40. The number of hydrogen-bond donors (Lipinski definition) is 1. The van der Waals surface area contributed by atoms with Crippen molar-refractivity contribution in [1.82, 2.24) is 4.90 Å². The smallest absolute Gasteiger partial charge is 0.329 e. The molecular weight excluding hydrogens is 322 g/mol. The summed E-state index contributed by atoms with van der Waals surface area (Å²) in [6.45, 7) is 4.96. The van der Waals surface area contributed by atoms with Gasteiger partial charge in [-0.15, -0.1) is 0 Å². The minimum absolute atomic E-state index is 0.357. The first-order valence-electron chi connectivity index (χ1n) is 6.11. The fourth-order valence-electron chi connectivity index (χ4n) is 1.46. The van der Waals surface area contributed by atoms with E-state index in [9.17, 15) is 9.59 Å². The van der Waals surface area contributed by atoms with Gasteiger partial charge in [0.05, 0.1) is 0 Å². The third-order valence-electron chi connectivity index (χ3n) is 3.25. The highest BCUT2D eigenvalue weighted by molar-refractivity contribution is 9.10. The fraction of sp³-hybridized carbons (Fsp3) is 0.333. The van der Waals surface area contributed by atoms with E-state index < -0.39 is 11.5 Å². The Balaban J connectivity index is 2.90. The van der Waals surface area contributed by atoms with Crippen LogP contribution in [-0.4, -0.2) is 34.5 Å². The minimum Gasteiger partial charge on any atom is -0.480 e. The number of halogens is 1. The second-order valence-electron chi connectivity index (χ2n) is 5.12. The largest absolute Gasteiger partial charge is 0.480 e. The van der Waals surface area contributed by atoms with E-state index in [1.165, 1.54) is 31.9 Å². The van der Waals surface area contributed by atoms with Gasteiger partial charge in [-0.25, -0.2) is 4.79 Å². The zero-order chi connectivity index (χ0) is 15.5. The van der Waals surface area contributed by atoms with Gasteiger partial charge >= 0.3 is 5.97 Å². The van der Waals surface area contributed by atoms with Crippen LogP contribution in [0.1, 0.15) is 25.0 Å². The predicted octanol–water partition coefficient (Wildman–Crippen LogP) is 3.09. The number of nitrogens with zero attached hydrogens (tertiary/aromatic N) is 1. The molecule has 20 heavy (non-hydrogen) atoms. The van der Waals surface area contributed by atoms with Gasteiger partial charge in [-0.05, 0) is 44.0 Å². The highest BCUT2D eigenvalue weighted by atomic mass is 79.9. The highest BCUT2D eigenvalue weighted by Gasteiger charge is 2.34. The molecule has 0 aromatic heterocycles. The van der Waals surface area contributed by atoms with Crippen LogP contribution in [0.25, 0.3) is 6.08 Å². The summed E-state index contributed by atoms with van der Waals surface area (Å²) >= 11 is 3.43. The summed E-state index contributed by atoms with van der Waals surface area (Å²) in [5, 5.41) is 9.09. The Labute approximate surface area is 127 Å². The molecule has 0 aliphatic heterocycles. The zero-order valence-corrected chi connectivity index (χ0v) is 13.6. The van der Waals surface area contributed by atoms with Gasteiger partial charge in [0, 0.05) is 17.6 Å². The molecule has 1 N–H and O–H groups in total. The van der Waals surface area contributed by atoms with Crippen molar-refractivity contribution >= 4 is 33.9 Å². The second kappa shape index (κ2) is 6.22. The van der Waals surface area contributed by atoms with E-state index in [0.29, 0.717) is 0 Å². The van der Waals surface area contributed by atoms with Crippen molar-refractivity contribution in [3.05, 3.63) is 39.9 Å². The molecule has 0 spiro atoms. The molecule has 1 rings (SSSR count). The number of carbonyl (C=O) groups excluding carboxylic acids is 1. The summed E-state index contributed by atoms with van der Waals surface area (Å²) in [5.41, 5.74) is 0.737. The number of amides is 1. The summed E-state index contributed by atoms with van der Waals surface area (Å²) in [6, 6.07) is 5.79. The monoisotopic (exact) mass is 339 g/mol. The average molecular weight is 340 g/mol. The first kappa shape index (κ1) is 16.4. The van der Waals surface area contributed by atoms with Gasteiger partial charge in [0.2, 0.25) is 5.91 Å². The number of carbonyl (C=O) groups is 2. The Kier molecular flexibility index (Phi) is 5.11. The first-order chi connectivity index (χ1) is 9.16. The number of rotatable bonds is 4. The number of aliphatic carboxylic acids is 1. The third-order valence-corrected chi connectivity index (χ3v) is 3.94. The summed E-state index contributed by atoms with van der Waals surface area (Å²) in [6.07, 6.45) is 3.04. The highest BCUT2D eigenvalue weighted by Crippen LogP contribution is 2.20. The van der Waals surface area contributed by atoms with Crippen molar-refractivity contribution in [3.63, 3.8) is 0 Å². The van der Waals surface area contributed by atoms with E-state index in [4.69, 9.17) is 5.11 Å². The van der Waals surface area contributed by atoms with E-state index in [2.05, 4.69) is 15.9 Å². The zero-order valence-electron chi connectivity index (χ0n) is 12.0. The van der Waals surface area contributed by atoms with Crippen LogP contribution in [0.5, 0.6) is 0 Å². The van der Waals surface area contributed by atoms with Gasteiger partial charge in [-0.1, -0.05) is 28.1 Å². The van der Waals surface area contributed by atoms with Crippen LogP contribution in [0.4, 0.5) is 0 Å². The molecule has 0 atom stereocenters. The molecule has 4 nitrogen and oxygen atoms in total. The Morgan fingerprint density at radius 2 is 1.95 bits per heavy atom. The SMILES string of the molecule is Cc1ccc(C=CC(=O)N(C)C(C)(C)C(=O)O)c(Br)c1. The maximum atomic E-state index is 12.0. The number of likely N-dealkylation sites (N-methyl/N-ethyl adjacent to an activating group) is 1. The second-order valence-corrected chi connectivity index (χ2v) is 5.97. The van der Waals surface area contributed by atoms with Gasteiger partial charge in [-0.2, -0.15) is 0 Å². The molecule has 0 aliphatic rings. The van der Waals surface area contributed by atoms with E-state index in [-0.39, 0.29) is 5.91 Å². The lowest BCUT2D eigenvalue weighted by Crippen LogP contribution is -2.50. The quantitative estimate of drug-likeness (QED) is 0.857. The lowest BCUT2D eigenvalue weighted by atomic mass is 10.0. The molecule has 5 heteroatoms. The molecule has 1 aromatic carbocycles. The van der Waals surface area contributed by atoms with Crippen molar-refractivity contribution in [2.75, 3.05) is 7.05 Å². The Morgan fingerprint density at radius 3 is 2.45 bits per heavy atom. The number of aryl methyl sites for hydroxylation is 1. The molecular formula is C15H18BrNO3. The van der Waals surface area contributed by atoms with Crippen molar-refractivity contribution in [3.8, 4) is 0 Å². The lowest BCUT2D eigenvalue weighted by molar-refractivity contribution is -0.153. The molecule has 0 saturated carbocycles. The molecule has 1 aromatic rings. The van der Waals surface area contributed by atoms with Gasteiger partial charge in [0.15, 0.2) is 0 Å². The average Bonchev–Trinajstić information content (AvgIpc) is 2.36. The number of benzene rings is 1. The minimum atomic E-state index is -1.24. The van der Waals surface area contributed by atoms with Crippen LogP contribution < -0.4 is 0 Å². The van der Waals surface area contributed by atoms with Crippen LogP contribution in [0.15, 0.2) is 28.7 Å². The van der Waals surface area contributed by atoms with Gasteiger partial charge < -0.3 is 10.0 Å². The Morgan fingerprint density at radius 1 is 1.35 bits per heavy atom. The van der Waals surface area contributed by atoms with Crippen LogP contribution >= 0.6 is 15.9 Å². The summed E-state index contributed by atoms with van der Waals surface area (Å²) in [7, 11) is 1.48. The summed E-state index contributed by atoms with van der Waals surface area (Å²) in [4.78, 5) is 24.3. The summed E-state index contributed by atoms with van der Waals surface area (Å²) < 4.78 is 0.890. The predicted molar refractivity (Wildman–Crippen MR) is 82.4 cm³/mol. The number of carboxylic acids is 1. The molecule has 1 amide bonds. The molecule has 0 aliphatic carbocycles. The van der Waals surface area contributed by atoms with Crippen LogP contribution in [0.2, 0.25) is 0 Å². The molecule has 0 unspecified atom stereocenters. The van der Waals surface area contributed by atoms with Crippen LogP contribution in [0.3, 0.4) is 0 Å². The molecule has 0 radical (unpaired) electrons. The maximum Gasteiger partial charge on any atom is 0.329 e. The molecule has 108 valence electrons. The van der Waals surface area contributed by atoms with E-state index in [0.717, 1.165) is 15.6 Å². The Bertz CT molecular complexity index is 564. The normalized spacial score (nSPS) is 11.7. The molecule has 0 bridgehead atoms. The third kappa shape index (κ3) is 3.70. The first-order valence-corrected chi connectivity index (χ1v) is 6.91. The number of carboxylic acid groups (broad SMARTS) is 1. The van der Waals surface area contributed by atoms with Crippen molar-refractivity contribution < 1.29 is 14.7 Å². The van der Waals surface area contributed by atoms with Crippen molar-refractivity contribution in [2.24, 2.45) is 0 Å². The van der Waals surface area contributed by atoms with Gasteiger partial charge in [0.1, 0.15) is 5.54 Å². The lowest BCUT2D eigenvalue weighted by Gasteiger charge is -2.30. The molecule has 0 fully saturated rings. The maximum absolute atomic E-state index is 12.0. The Hall–Kier alpha value is -1.62. The van der Waals surface area contributed by atoms with Crippen LogP contribution in [0, 0.1) is 6.92 Å². The van der Waals surface area contributed by atoms with Crippen molar-refractivity contribution in [2.45, 2.75) is 26.3 Å². The topological polar surface area (TPSA) is 57.6 Å². The molecule has 0 heterocycles. The van der Waals surface area contributed by atoms with Crippen LogP contribution in [-0.2, 0) is 9.59 Å². The van der Waals surface area contributed by atoms with E-state index >= 15 is 0 Å². The standard InChI is InChI=1S/C15H18BrNO3/c1-10-5-6-11(12(16)9-10)7-8-13(18)17(4)15(2,3)14(19)20/h5-9H,1-4H3,(H,19,20). The van der Waals surface area contributed by atoms with Gasteiger partial charge in [0.25, 0.3) is 0 Å². The number of hydrogen-bond acceptors (Lipinski definition) is 2. The fourth-order valence-corrected chi connectivity index (χ4v) is 2.08. The van der Waals surface area contributed by atoms with E-state index in [1.807, 2.05) is 25.1 Å². The van der Waals surface area contributed by atoms with Gasteiger partial charge in [-0.3, -0.25) is 4.79 Å². The molecule has 0 saturated heterocycles. The van der Waals surface area contributed by atoms with Crippen molar-refractivity contribution in [1.29, 1.82) is 0 Å².